The molecule has 1 atom stereocenters. The average molecular weight is 521 g/mol. The predicted octanol–water partition coefficient (Wildman–Crippen LogP) is 2.63. The second kappa shape index (κ2) is 14.6. The Morgan fingerprint density at radius 1 is 0.711 bits per heavy atom. The zero-order valence-corrected chi connectivity index (χ0v) is 21.0. The Morgan fingerprint density at radius 3 is 1.76 bits per heavy atom. The lowest BCUT2D eigenvalue weighted by Gasteiger charge is -2.35. The number of carbonyl (C=O) groups is 3. The summed E-state index contributed by atoms with van der Waals surface area (Å²) in [5.74, 6) is -3.00. The van der Waals surface area contributed by atoms with E-state index in [0.717, 1.165) is 32.7 Å². The van der Waals surface area contributed by atoms with E-state index in [2.05, 4.69) is 34.1 Å². The van der Waals surface area contributed by atoms with E-state index in [1.165, 1.54) is 5.56 Å². The van der Waals surface area contributed by atoms with Crippen LogP contribution in [0.4, 0.5) is 0 Å². The second-order valence-electron chi connectivity index (χ2n) is 8.86. The predicted molar refractivity (Wildman–Crippen MR) is 141 cm³/mol. The minimum absolute atomic E-state index is 0.0106. The number of β-amino-alcohol motifs (C(OH)–C–C–N with tert-alkyl or cyclic N) is 1. The number of aliphatic carboxylic acids is 2. The van der Waals surface area contributed by atoms with Crippen molar-refractivity contribution in [2.75, 3.05) is 39.3 Å². The number of nitrogens with zero attached hydrogens (tertiary/aromatic N) is 2. The first-order valence-electron chi connectivity index (χ1n) is 12.3. The number of aliphatic hydroxyl groups is 1. The molecule has 0 radical (unpaired) electrons. The first kappa shape index (κ1) is 28.5. The molecule has 0 spiro atoms. The molecule has 1 heterocycles. The summed E-state index contributed by atoms with van der Waals surface area (Å²) in [6.45, 7) is 5.70. The molecule has 4 rings (SSSR count). The molecule has 1 unspecified atom stereocenters. The molecule has 9 nitrogen and oxygen atoms in total. The van der Waals surface area contributed by atoms with Crippen LogP contribution >= 0.6 is 0 Å². The largest absolute Gasteiger partial charge is 0.491 e. The molecule has 1 saturated heterocycles. The topological polar surface area (TPSA) is 128 Å². The maximum absolute atomic E-state index is 12.5. The monoisotopic (exact) mass is 520 g/mol. The summed E-state index contributed by atoms with van der Waals surface area (Å²) < 4.78 is 5.75. The van der Waals surface area contributed by atoms with Crippen LogP contribution in [0, 0.1) is 0 Å². The fourth-order valence-corrected chi connectivity index (χ4v) is 3.97. The third-order valence-corrected chi connectivity index (χ3v) is 5.96. The van der Waals surface area contributed by atoms with Gasteiger partial charge in [-0.25, -0.2) is 9.59 Å². The molecular weight excluding hydrogens is 488 g/mol. The van der Waals surface area contributed by atoms with E-state index in [9.17, 15) is 9.90 Å². The Morgan fingerprint density at radius 2 is 1.21 bits per heavy atom. The van der Waals surface area contributed by atoms with E-state index in [1.54, 1.807) is 24.3 Å². The van der Waals surface area contributed by atoms with E-state index >= 15 is 0 Å². The minimum Gasteiger partial charge on any atom is -0.491 e. The van der Waals surface area contributed by atoms with Gasteiger partial charge in [0, 0.05) is 50.4 Å². The highest BCUT2D eigenvalue weighted by atomic mass is 16.5. The van der Waals surface area contributed by atoms with Gasteiger partial charge in [0.25, 0.3) is 0 Å². The number of rotatable bonds is 9. The Bertz CT molecular complexity index is 1150. The van der Waals surface area contributed by atoms with Gasteiger partial charge in [-0.2, -0.15) is 0 Å². The highest BCUT2D eigenvalue weighted by Gasteiger charge is 2.19. The van der Waals surface area contributed by atoms with Gasteiger partial charge in [-0.1, -0.05) is 60.7 Å². The highest BCUT2D eigenvalue weighted by molar-refractivity contribution is 6.27. The van der Waals surface area contributed by atoms with Gasteiger partial charge in [0.15, 0.2) is 5.78 Å². The maximum atomic E-state index is 12.5. The molecule has 0 saturated carbocycles. The quantitative estimate of drug-likeness (QED) is 0.288. The van der Waals surface area contributed by atoms with Gasteiger partial charge in [0.1, 0.15) is 18.5 Å². The van der Waals surface area contributed by atoms with Crippen molar-refractivity contribution in [2.45, 2.75) is 12.6 Å². The van der Waals surface area contributed by atoms with Crippen LogP contribution in [-0.2, 0) is 16.1 Å². The zero-order chi connectivity index (χ0) is 27.3. The smallest absolute Gasteiger partial charge is 0.414 e. The number of carboxylic acids is 2. The van der Waals surface area contributed by atoms with Crippen LogP contribution in [0.2, 0.25) is 0 Å². The number of carbonyl (C=O) groups excluding carboxylic acids is 1. The minimum atomic E-state index is -1.82. The number of carboxylic acid groups (broad SMARTS) is 2. The Hall–Kier alpha value is -4.05. The number of aliphatic hydroxyl groups excluding tert-OH is 1. The molecule has 200 valence electrons. The lowest BCUT2D eigenvalue weighted by Crippen LogP contribution is -2.48. The highest BCUT2D eigenvalue weighted by Crippen LogP contribution is 2.16. The van der Waals surface area contributed by atoms with Gasteiger partial charge < -0.3 is 20.1 Å². The van der Waals surface area contributed by atoms with Crippen molar-refractivity contribution < 1.29 is 34.4 Å². The second-order valence-corrected chi connectivity index (χ2v) is 8.86. The Labute approximate surface area is 221 Å². The number of benzene rings is 3. The van der Waals surface area contributed by atoms with E-state index in [-0.39, 0.29) is 12.4 Å². The van der Waals surface area contributed by atoms with Gasteiger partial charge in [-0.05, 0) is 29.8 Å². The lowest BCUT2D eigenvalue weighted by molar-refractivity contribution is -0.159. The summed E-state index contributed by atoms with van der Waals surface area (Å²) >= 11 is 0. The number of ether oxygens (including phenoxy) is 1. The molecule has 1 fully saturated rings. The molecule has 3 aromatic carbocycles. The van der Waals surface area contributed by atoms with Crippen molar-refractivity contribution in [3.8, 4) is 5.75 Å². The maximum Gasteiger partial charge on any atom is 0.414 e. The van der Waals surface area contributed by atoms with Crippen molar-refractivity contribution in [2.24, 2.45) is 0 Å². The van der Waals surface area contributed by atoms with E-state index in [0.29, 0.717) is 23.4 Å². The third-order valence-electron chi connectivity index (χ3n) is 5.96. The van der Waals surface area contributed by atoms with Crippen LogP contribution in [-0.4, -0.2) is 88.3 Å². The number of ketones is 1. The summed E-state index contributed by atoms with van der Waals surface area (Å²) in [7, 11) is 0. The molecule has 3 aromatic rings. The fourth-order valence-electron chi connectivity index (χ4n) is 3.97. The molecule has 38 heavy (non-hydrogen) atoms. The normalized spacial score (nSPS) is 14.6. The number of hydrogen-bond donors (Lipinski definition) is 3. The molecule has 0 bridgehead atoms. The van der Waals surface area contributed by atoms with Crippen LogP contribution in [0.25, 0.3) is 0 Å². The number of piperazine rings is 1. The van der Waals surface area contributed by atoms with Gasteiger partial charge in [0.05, 0.1) is 0 Å². The van der Waals surface area contributed by atoms with Gasteiger partial charge >= 0.3 is 11.9 Å². The van der Waals surface area contributed by atoms with Gasteiger partial charge in [-0.3, -0.25) is 14.6 Å². The summed E-state index contributed by atoms with van der Waals surface area (Å²) in [4.78, 5) is 35.4. The average Bonchev–Trinajstić information content (AvgIpc) is 2.94. The number of hydrogen-bond acceptors (Lipinski definition) is 7. The van der Waals surface area contributed by atoms with Gasteiger partial charge in [-0.15, -0.1) is 0 Å². The SMILES string of the molecule is O=C(O)C(=O)O.O=C(c1ccccc1)c1ccc(OCC(O)CN2CCN(Cc3ccccc3)CC2)cc1. The summed E-state index contributed by atoms with van der Waals surface area (Å²) in [5, 5.41) is 25.2. The Kier molecular flexibility index (Phi) is 11.0. The molecule has 3 N–H and O–H groups in total. The molecule has 1 aliphatic heterocycles. The van der Waals surface area contributed by atoms with Crippen LogP contribution in [0.3, 0.4) is 0 Å². The van der Waals surface area contributed by atoms with E-state index < -0.39 is 18.0 Å². The van der Waals surface area contributed by atoms with E-state index in [1.807, 2.05) is 36.4 Å². The standard InChI is InChI=1S/C27H30N2O3.C2H2O4/c30-25(20-29-17-15-28(16-18-29)19-22-7-3-1-4-8-22)21-32-26-13-11-24(12-14-26)27(31)23-9-5-2-6-10-23;3-1(4)2(5)6/h1-14,25,30H,15-21H2;(H,3,4)(H,5,6). The summed E-state index contributed by atoms with van der Waals surface area (Å²) in [6.07, 6.45) is -0.554. The molecule has 9 heteroatoms. The van der Waals surface area contributed by atoms with Crippen LogP contribution in [0.15, 0.2) is 84.9 Å². The van der Waals surface area contributed by atoms with Crippen LogP contribution in [0.1, 0.15) is 21.5 Å². The van der Waals surface area contributed by atoms with Crippen molar-refractivity contribution in [3.05, 3.63) is 102 Å². The van der Waals surface area contributed by atoms with Crippen molar-refractivity contribution in [1.29, 1.82) is 0 Å². The third kappa shape index (κ3) is 9.44. The molecule has 0 amide bonds. The summed E-state index contributed by atoms with van der Waals surface area (Å²) in [6, 6.07) is 26.9. The van der Waals surface area contributed by atoms with Crippen LogP contribution < -0.4 is 4.74 Å². The molecular formula is C29H32N2O7. The zero-order valence-electron chi connectivity index (χ0n) is 21.0. The lowest BCUT2D eigenvalue weighted by atomic mass is 10.0. The molecule has 1 aliphatic rings. The van der Waals surface area contributed by atoms with Crippen molar-refractivity contribution in [1.82, 2.24) is 9.80 Å². The first-order chi connectivity index (χ1) is 18.3. The van der Waals surface area contributed by atoms with Crippen molar-refractivity contribution >= 4 is 17.7 Å². The van der Waals surface area contributed by atoms with Gasteiger partial charge in [0.2, 0.25) is 0 Å². The molecule has 0 aromatic heterocycles. The van der Waals surface area contributed by atoms with E-state index in [4.69, 9.17) is 24.5 Å². The van der Waals surface area contributed by atoms with Crippen LogP contribution in [0.5, 0.6) is 5.75 Å². The van der Waals surface area contributed by atoms with Crippen molar-refractivity contribution in [3.63, 3.8) is 0 Å². The Balaban J connectivity index is 0.000000599. The first-order valence-corrected chi connectivity index (χ1v) is 12.3. The summed E-state index contributed by atoms with van der Waals surface area (Å²) in [5.41, 5.74) is 2.63. The molecule has 0 aliphatic carbocycles. The fraction of sp³-hybridized carbons (Fsp3) is 0.276.